The van der Waals surface area contributed by atoms with Crippen LogP contribution in [0.4, 0.5) is 4.79 Å². The van der Waals surface area contributed by atoms with Crippen LogP contribution in [0, 0.1) is 0 Å². The summed E-state index contributed by atoms with van der Waals surface area (Å²) in [4.78, 5) is 17.6. The number of nitrogens with zero attached hydrogens (tertiary/aromatic N) is 2. The van der Waals surface area contributed by atoms with Crippen molar-refractivity contribution in [1.82, 2.24) is 10.2 Å². The van der Waals surface area contributed by atoms with E-state index >= 15 is 0 Å². The molecular formula is C16H24N4O3. The molecule has 7 nitrogen and oxygen atoms in total. The van der Waals surface area contributed by atoms with Crippen molar-refractivity contribution in [1.29, 1.82) is 0 Å². The number of piperidine rings is 1. The maximum absolute atomic E-state index is 11.6. The molecule has 23 heavy (non-hydrogen) atoms. The van der Waals surface area contributed by atoms with Crippen LogP contribution in [0.5, 0.6) is 5.75 Å². The van der Waals surface area contributed by atoms with Crippen LogP contribution in [0.2, 0.25) is 0 Å². The van der Waals surface area contributed by atoms with E-state index < -0.39 is 0 Å². The van der Waals surface area contributed by atoms with Gasteiger partial charge in [0.1, 0.15) is 5.75 Å². The zero-order valence-electron chi connectivity index (χ0n) is 13.4. The molecule has 1 heterocycles. The molecule has 0 radical (unpaired) electrons. The van der Waals surface area contributed by atoms with Crippen LogP contribution in [0.25, 0.3) is 0 Å². The molecule has 7 heteroatoms. The van der Waals surface area contributed by atoms with E-state index in [4.69, 9.17) is 10.5 Å². The van der Waals surface area contributed by atoms with Crippen molar-refractivity contribution in [3.8, 4) is 5.75 Å². The predicted molar refractivity (Wildman–Crippen MR) is 88.2 cm³/mol. The van der Waals surface area contributed by atoms with Gasteiger partial charge < -0.3 is 25.8 Å². The zero-order valence-corrected chi connectivity index (χ0v) is 13.4. The van der Waals surface area contributed by atoms with Crippen molar-refractivity contribution < 1.29 is 14.6 Å². The lowest BCUT2D eigenvalue weighted by Gasteiger charge is -2.31. The predicted octanol–water partition coefficient (Wildman–Crippen LogP) is 1.42. The Balaban J connectivity index is 1.75. The third kappa shape index (κ3) is 5.36. The first-order valence-corrected chi connectivity index (χ1v) is 7.84. The summed E-state index contributed by atoms with van der Waals surface area (Å²) in [5.41, 5.74) is 6.89. The molecular weight excluding hydrogens is 296 g/mol. The summed E-state index contributed by atoms with van der Waals surface area (Å²) >= 11 is 0. The lowest BCUT2D eigenvalue weighted by Crippen LogP contribution is -2.48. The largest absolute Gasteiger partial charge is 0.508 e. The minimum Gasteiger partial charge on any atom is -0.508 e. The van der Waals surface area contributed by atoms with E-state index in [9.17, 15) is 9.90 Å². The number of benzene rings is 1. The minimum atomic E-state index is -0.250. The van der Waals surface area contributed by atoms with Crippen LogP contribution in [-0.4, -0.2) is 47.8 Å². The number of ether oxygens (including phenoxy) is 1. The van der Waals surface area contributed by atoms with Gasteiger partial charge in [-0.3, -0.25) is 0 Å². The van der Waals surface area contributed by atoms with E-state index in [1.165, 1.54) is 0 Å². The van der Waals surface area contributed by atoms with Crippen molar-refractivity contribution in [2.45, 2.75) is 32.4 Å². The molecule has 126 valence electrons. The first kappa shape index (κ1) is 16.9. The number of guanidine groups is 1. The topological polar surface area (TPSA) is 100 Å². The highest BCUT2D eigenvalue weighted by Crippen LogP contribution is 2.12. The van der Waals surface area contributed by atoms with E-state index in [0.29, 0.717) is 32.2 Å². The first-order chi connectivity index (χ1) is 11.1. The standard InChI is InChI=1S/C16H24N4O3/c1-2-23-16(22)20-9-7-13(8-10-20)19-15(17)18-11-12-3-5-14(21)6-4-12/h3-6,13,21H,2,7-11H2,1H3,(H3,17,18,19). The van der Waals surface area contributed by atoms with Crippen LogP contribution >= 0.6 is 0 Å². The van der Waals surface area contributed by atoms with Crippen molar-refractivity contribution in [2.24, 2.45) is 10.7 Å². The Kier molecular flexibility index (Phi) is 6.08. The highest BCUT2D eigenvalue weighted by Gasteiger charge is 2.23. The molecule has 0 atom stereocenters. The number of nitrogens with one attached hydrogen (secondary N) is 1. The lowest BCUT2D eigenvalue weighted by atomic mass is 10.1. The second kappa shape index (κ2) is 8.26. The van der Waals surface area contributed by atoms with Crippen molar-refractivity contribution in [3.05, 3.63) is 29.8 Å². The SMILES string of the molecule is CCOC(=O)N1CCC(NC(N)=NCc2ccc(O)cc2)CC1. The number of nitrogens with two attached hydrogens (primary N) is 1. The molecule has 2 rings (SSSR count). The molecule has 0 spiro atoms. The summed E-state index contributed by atoms with van der Waals surface area (Å²) in [7, 11) is 0. The highest BCUT2D eigenvalue weighted by molar-refractivity contribution is 5.78. The summed E-state index contributed by atoms with van der Waals surface area (Å²) in [6, 6.07) is 7.08. The van der Waals surface area contributed by atoms with Gasteiger partial charge in [-0.2, -0.15) is 0 Å². The van der Waals surface area contributed by atoms with Crippen molar-refractivity contribution in [3.63, 3.8) is 0 Å². The van der Waals surface area contributed by atoms with E-state index in [-0.39, 0.29) is 17.9 Å². The monoisotopic (exact) mass is 320 g/mol. The number of amides is 1. The number of aliphatic imine (C=N–C) groups is 1. The van der Waals surface area contributed by atoms with Crippen molar-refractivity contribution >= 4 is 12.1 Å². The van der Waals surface area contributed by atoms with E-state index in [0.717, 1.165) is 18.4 Å². The van der Waals surface area contributed by atoms with Gasteiger partial charge in [-0.15, -0.1) is 0 Å². The second-order valence-electron chi connectivity index (χ2n) is 5.47. The van der Waals surface area contributed by atoms with Gasteiger partial charge in [0.05, 0.1) is 13.2 Å². The molecule has 1 aliphatic heterocycles. The summed E-state index contributed by atoms with van der Waals surface area (Å²) in [6.07, 6.45) is 1.38. The van der Waals surface area contributed by atoms with Crippen LogP contribution in [0.3, 0.4) is 0 Å². The number of carbonyl (C=O) groups excluding carboxylic acids is 1. The van der Waals surface area contributed by atoms with Gasteiger partial charge in [0.2, 0.25) is 0 Å². The molecule has 1 aliphatic rings. The minimum absolute atomic E-state index is 0.212. The molecule has 1 saturated heterocycles. The molecule has 0 bridgehead atoms. The number of phenols is 1. The molecule has 1 fully saturated rings. The number of rotatable bonds is 4. The summed E-state index contributed by atoms with van der Waals surface area (Å²) in [5.74, 6) is 0.629. The maximum atomic E-state index is 11.6. The fourth-order valence-electron chi connectivity index (χ4n) is 2.45. The second-order valence-corrected chi connectivity index (χ2v) is 5.47. The number of carbonyl (C=O) groups is 1. The van der Waals surface area contributed by atoms with Crippen LogP contribution in [0.1, 0.15) is 25.3 Å². The molecule has 0 aliphatic carbocycles. The van der Waals surface area contributed by atoms with Gasteiger partial charge in [-0.05, 0) is 37.5 Å². The Bertz CT molecular complexity index is 537. The van der Waals surface area contributed by atoms with Crippen molar-refractivity contribution in [2.75, 3.05) is 19.7 Å². The first-order valence-electron chi connectivity index (χ1n) is 7.84. The number of hydrogen-bond acceptors (Lipinski definition) is 4. The Hall–Kier alpha value is -2.44. The highest BCUT2D eigenvalue weighted by atomic mass is 16.6. The molecule has 0 aromatic heterocycles. The van der Waals surface area contributed by atoms with E-state index in [1.807, 2.05) is 12.1 Å². The quantitative estimate of drug-likeness (QED) is 0.575. The lowest BCUT2D eigenvalue weighted by molar-refractivity contribution is 0.0963. The fraction of sp³-hybridized carbons (Fsp3) is 0.500. The Morgan fingerprint density at radius 3 is 2.65 bits per heavy atom. The average molecular weight is 320 g/mol. The molecule has 1 amide bonds. The van der Waals surface area contributed by atoms with Gasteiger partial charge >= 0.3 is 6.09 Å². The van der Waals surface area contributed by atoms with Gasteiger partial charge in [0, 0.05) is 19.1 Å². The summed E-state index contributed by atoms with van der Waals surface area (Å²) in [6.45, 7) is 3.97. The van der Waals surface area contributed by atoms with Gasteiger partial charge in [-0.25, -0.2) is 9.79 Å². The van der Waals surface area contributed by atoms with E-state index in [2.05, 4.69) is 10.3 Å². The number of phenolic OH excluding ortho intramolecular Hbond substituents is 1. The van der Waals surface area contributed by atoms with Gasteiger partial charge in [-0.1, -0.05) is 12.1 Å². The summed E-state index contributed by atoms with van der Waals surface area (Å²) < 4.78 is 4.99. The molecule has 1 aromatic carbocycles. The summed E-state index contributed by atoms with van der Waals surface area (Å²) in [5, 5.41) is 12.4. The van der Waals surface area contributed by atoms with Gasteiger partial charge in [0.15, 0.2) is 5.96 Å². The molecule has 0 unspecified atom stereocenters. The Labute approximate surface area is 136 Å². The normalized spacial score (nSPS) is 16.2. The molecule has 4 N–H and O–H groups in total. The van der Waals surface area contributed by atoms with E-state index in [1.54, 1.807) is 24.0 Å². The third-order valence-electron chi connectivity index (χ3n) is 3.74. The molecule has 0 saturated carbocycles. The average Bonchev–Trinajstić information content (AvgIpc) is 2.55. The number of aromatic hydroxyl groups is 1. The number of likely N-dealkylation sites (tertiary alicyclic amines) is 1. The Morgan fingerprint density at radius 1 is 1.39 bits per heavy atom. The van der Waals surface area contributed by atoms with Crippen LogP contribution in [0.15, 0.2) is 29.3 Å². The maximum Gasteiger partial charge on any atom is 0.409 e. The number of hydrogen-bond donors (Lipinski definition) is 3. The zero-order chi connectivity index (χ0) is 16.7. The fourth-order valence-corrected chi connectivity index (χ4v) is 2.45. The molecule has 1 aromatic rings. The van der Waals surface area contributed by atoms with Crippen LogP contribution < -0.4 is 11.1 Å². The van der Waals surface area contributed by atoms with Gasteiger partial charge in [0.25, 0.3) is 0 Å². The smallest absolute Gasteiger partial charge is 0.409 e. The third-order valence-corrected chi connectivity index (χ3v) is 3.74. The Morgan fingerprint density at radius 2 is 2.04 bits per heavy atom. The van der Waals surface area contributed by atoms with Crippen LogP contribution in [-0.2, 0) is 11.3 Å².